The monoisotopic (exact) mass is 538 g/mol. The van der Waals surface area contributed by atoms with E-state index in [0.717, 1.165) is 68.5 Å². The molecular formula is C36H42O4. The van der Waals surface area contributed by atoms with Crippen LogP contribution in [0.5, 0.6) is 23.0 Å². The number of aryl methyl sites for hydroxylation is 8. The first kappa shape index (κ1) is 29.1. The summed E-state index contributed by atoms with van der Waals surface area (Å²) >= 11 is 0. The van der Waals surface area contributed by atoms with E-state index in [9.17, 15) is 20.4 Å². The van der Waals surface area contributed by atoms with E-state index >= 15 is 0 Å². The van der Waals surface area contributed by atoms with Gasteiger partial charge in [-0.2, -0.15) is 0 Å². The van der Waals surface area contributed by atoms with Crippen molar-refractivity contribution in [2.45, 2.75) is 79.1 Å². The molecule has 0 aromatic heterocycles. The van der Waals surface area contributed by atoms with Gasteiger partial charge in [0.15, 0.2) is 0 Å². The Balaban J connectivity index is 1.67. The Hall–Kier alpha value is -3.92. The third-order valence-corrected chi connectivity index (χ3v) is 8.10. The van der Waals surface area contributed by atoms with Crippen LogP contribution < -0.4 is 0 Å². The van der Waals surface area contributed by atoms with Crippen molar-refractivity contribution in [2.75, 3.05) is 0 Å². The maximum atomic E-state index is 11.5. The Bertz CT molecular complexity index is 1390. The molecule has 0 aliphatic rings. The molecule has 0 bridgehead atoms. The summed E-state index contributed by atoms with van der Waals surface area (Å²) in [7, 11) is 0. The summed E-state index contributed by atoms with van der Waals surface area (Å²) in [5, 5.41) is 43.6. The van der Waals surface area contributed by atoms with Gasteiger partial charge < -0.3 is 20.4 Å². The highest BCUT2D eigenvalue weighted by molar-refractivity contribution is 5.54. The lowest BCUT2D eigenvalue weighted by molar-refractivity contribution is 0.447. The van der Waals surface area contributed by atoms with Crippen LogP contribution in [0.25, 0.3) is 0 Å². The van der Waals surface area contributed by atoms with E-state index in [1.807, 2.05) is 45.0 Å². The molecule has 0 fully saturated rings. The van der Waals surface area contributed by atoms with Crippen LogP contribution in [-0.4, -0.2) is 20.4 Å². The second kappa shape index (κ2) is 12.5. The summed E-state index contributed by atoms with van der Waals surface area (Å²) in [6.45, 7) is 10.3. The molecule has 0 aliphatic carbocycles. The first-order chi connectivity index (χ1) is 19.1. The van der Waals surface area contributed by atoms with Crippen molar-refractivity contribution < 1.29 is 20.4 Å². The van der Waals surface area contributed by atoms with Crippen LogP contribution in [0.3, 0.4) is 0 Å². The van der Waals surface area contributed by atoms with Gasteiger partial charge in [0, 0.05) is 17.0 Å². The van der Waals surface area contributed by atoms with E-state index in [-0.39, 0.29) is 28.9 Å². The van der Waals surface area contributed by atoms with Crippen LogP contribution in [0.4, 0.5) is 0 Å². The van der Waals surface area contributed by atoms with Crippen LogP contribution in [-0.2, 0) is 38.5 Å². The fourth-order valence-electron chi connectivity index (χ4n) is 5.56. The van der Waals surface area contributed by atoms with Crippen molar-refractivity contribution in [1.29, 1.82) is 0 Å². The van der Waals surface area contributed by atoms with Gasteiger partial charge in [-0.1, -0.05) is 80.4 Å². The molecule has 0 saturated carbocycles. The molecule has 0 aliphatic heterocycles. The average Bonchev–Trinajstić information content (AvgIpc) is 2.94. The van der Waals surface area contributed by atoms with Crippen molar-refractivity contribution in [1.82, 2.24) is 0 Å². The number of hydrogen-bond acceptors (Lipinski definition) is 4. The highest BCUT2D eigenvalue weighted by Crippen LogP contribution is 2.41. The Morgan fingerprint density at radius 3 is 1.27 bits per heavy atom. The van der Waals surface area contributed by atoms with Gasteiger partial charge in [0.25, 0.3) is 0 Å². The predicted octanol–water partition coefficient (Wildman–Crippen LogP) is 7.97. The summed E-state index contributed by atoms with van der Waals surface area (Å²) in [5.41, 5.74) is 9.48. The Labute approximate surface area is 238 Å². The topological polar surface area (TPSA) is 80.9 Å². The van der Waals surface area contributed by atoms with Gasteiger partial charge in [-0.05, 0) is 97.9 Å². The van der Waals surface area contributed by atoms with Crippen molar-refractivity contribution in [3.05, 3.63) is 116 Å². The van der Waals surface area contributed by atoms with Crippen LogP contribution in [0.2, 0.25) is 0 Å². The number of hydrogen-bond donors (Lipinski definition) is 4. The number of benzene rings is 4. The van der Waals surface area contributed by atoms with E-state index in [4.69, 9.17) is 0 Å². The quantitative estimate of drug-likeness (QED) is 0.165. The molecule has 4 N–H and O–H groups in total. The zero-order chi connectivity index (χ0) is 29.0. The molecule has 4 aromatic rings. The van der Waals surface area contributed by atoms with E-state index in [1.54, 1.807) is 12.1 Å². The normalized spacial score (nSPS) is 11.3. The van der Waals surface area contributed by atoms with Gasteiger partial charge in [-0.15, -0.1) is 0 Å². The molecule has 0 unspecified atom stereocenters. The number of aromatic hydroxyl groups is 4. The van der Waals surface area contributed by atoms with Crippen LogP contribution >= 0.6 is 0 Å². The third kappa shape index (κ3) is 6.44. The van der Waals surface area contributed by atoms with Crippen molar-refractivity contribution in [3.8, 4) is 23.0 Å². The molecule has 0 radical (unpaired) electrons. The first-order valence-electron chi connectivity index (χ1n) is 14.4. The number of phenols is 4. The smallest absolute Gasteiger partial charge is 0.122 e. The lowest BCUT2D eigenvalue weighted by atomic mass is 9.85. The van der Waals surface area contributed by atoms with Crippen LogP contribution in [0.15, 0.2) is 60.7 Å². The third-order valence-electron chi connectivity index (χ3n) is 8.10. The standard InChI is InChI=1S/C36H42O4/c1-6-25-18-29(12-10-27-16-22(3)8-14-33(27)37)35(39)31(20-25)24(5)32-21-26(7-2)19-30(36(32)40)13-11-28-17-23(4)9-15-34(28)38/h8-9,14-21,24,37-40H,6-7,10-13H2,1-5H3. The summed E-state index contributed by atoms with van der Waals surface area (Å²) < 4.78 is 0. The van der Waals surface area contributed by atoms with Crippen LogP contribution in [0.1, 0.15) is 82.3 Å². The van der Waals surface area contributed by atoms with Crippen molar-refractivity contribution in [2.24, 2.45) is 0 Å². The fourth-order valence-corrected chi connectivity index (χ4v) is 5.56. The molecule has 0 amide bonds. The molecule has 4 heteroatoms. The van der Waals surface area contributed by atoms with Crippen molar-refractivity contribution in [3.63, 3.8) is 0 Å². The Morgan fingerprint density at radius 2 is 0.900 bits per heavy atom. The second-order valence-electron chi connectivity index (χ2n) is 11.1. The van der Waals surface area contributed by atoms with Gasteiger partial charge in [-0.3, -0.25) is 0 Å². The molecule has 0 heterocycles. The Morgan fingerprint density at radius 1 is 0.525 bits per heavy atom. The maximum absolute atomic E-state index is 11.5. The average molecular weight is 539 g/mol. The fraction of sp³-hybridized carbons (Fsp3) is 0.333. The van der Waals surface area contributed by atoms with Gasteiger partial charge in [0.1, 0.15) is 23.0 Å². The zero-order valence-electron chi connectivity index (χ0n) is 24.4. The summed E-state index contributed by atoms with van der Waals surface area (Å²) in [5.74, 6) is 0.834. The molecule has 0 spiro atoms. The van der Waals surface area contributed by atoms with Crippen LogP contribution in [0, 0.1) is 13.8 Å². The highest BCUT2D eigenvalue weighted by Gasteiger charge is 2.22. The first-order valence-corrected chi connectivity index (χ1v) is 14.4. The minimum absolute atomic E-state index is 0.227. The van der Waals surface area contributed by atoms with E-state index < -0.39 is 0 Å². The maximum Gasteiger partial charge on any atom is 0.122 e. The van der Waals surface area contributed by atoms with Gasteiger partial charge >= 0.3 is 0 Å². The molecule has 40 heavy (non-hydrogen) atoms. The molecule has 0 saturated heterocycles. The molecule has 0 atom stereocenters. The summed E-state index contributed by atoms with van der Waals surface area (Å²) in [6, 6.07) is 19.4. The molecule has 210 valence electrons. The predicted molar refractivity (Wildman–Crippen MR) is 163 cm³/mol. The zero-order valence-corrected chi connectivity index (χ0v) is 24.4. The van der Waals surface area contributed by atoms with E-state index in [1.165, 1.54) is 0 Å². The minimum Gasteiger partial charge on any atom is -0.508 e. The molecule has 4 rings (SSSR count). The van der Waals surface area contributed by atoms with Gasteiger partial charge in [0.2, 0.25) is 0 Å². The SMILES string of the molecule is CCc1cc(CCc2cc(C)ccc2O)c(O)c(C(C)c2cc(CC)cc(CCc3cc(C)ccc3O)c2O)c1. The van der Waals surface area contributed by atoms with Crippen molar-refractivity contribution >= 4 is 0 Å². The summed E-state index contributed by atoms with van der Waals surface area (Å²) in [6.07, 6.45) is 4.10. The van der Waals surface area contributed by atoms with E-state index in [0.29, 0.717) is 25.7 Å². The largest absolute Gasteiger partial charge is 0.508 e. The van der Waals surface area contributed by atoms with Gasteiger partial charge in [-0.25, -0.2) is 0 Å². The number of rotatable bonds is 10. The highest BCUT2D eigenvalue weighted by atomic mass is 16.3. The Kier molecular flexibility index (Phi) is 9.09. The molecule has 4 nitrogen and oxygen atoms in total. The lowest BCUT2D eigenvalue weighted by Gasteiger charge is -2.22. The summed E-state index contributed by atoms with van der Waals surface area (Å²) in [4.78, 5) is 0. The van der Waals surface area contributed by atoms with E-state index in [2.05, 4.69) is 38.1 Å². The van der Waals surface area contributed by atoms with Gasteiger partial charge in [0.05, 0.1) is 0 Å². The number of phenolic OH excluding ortho intramolecular Hbond substituents is 4. The minimum atomic E-state index is -0.227. The second-order valence-corrected chi connectivity index (χ2v) is 11.1. The molecular weight excluding hydrogens is 496 g/mol. The lowest BCUT2D eigenvalue weighted by Crippen LogP contribution is -2.05. The molecule has 4 aromatic carbocycles.